The van der Waals surface area contributed by atoms with Crippen LogP contribution in [-0.4, -0.2) is 59.9 Å². The van der Waals surface area contributed by atoms with Gasteiger partial charge in [0.25, 0.3) is 5.91 Å². The Balaban J connectivity index is 1.77. The second kappa shape index (κ2) is 8.80. The molecular formula is C19H28N4O3. The summed E-state index contributed by atoms with van der Waals surface area (Å²) in [7, 11) is 1.98. The number of urea groups is 1. The van der Waals surface area contributed by atoms with Gasteiger partial charge in [0.1, 0.15) is 12.1 Å². The van der Waals surface area contributed by atoms with E-state index in [4.69, 9.17) is 0 Å². The number of carbonyl (C=O) groups excluding carboxylic acids is 3. The minimum absolute atomic E-state index is 0.241. The molecule has 1 aromatic carbocycles. The Morgan fingerprint density at radius 3 is 2.42 bits per heavy atom. The van der Waals surface area contributed by atoms with Gasteiger partial charge < -0.3 is 15.5 Å². The monoisotopic (exact) mass is 360 g/mol. The number of hydrogen-bond acceptors (Lipinski definition) is 4. The topological polar surface area (TPSA) is 81.8 Å². The third-order valence-electron chi connectivity index (χ3n) is 4.87. The largest absolute Gasteiger partial charge is 0.353 e. The van der Waals surface area contributed by atoms with Crippen LogP contribution in [0.4, 0.5) is 4.79 Å². The lowest BCUT2D eigenvalue weighted by Gasteiger charge is -2.23. The van der Waals surface area contributed by atoms with E-state index in [-0.39, 0.29) is 18.4 Å². The zero-order chi connectivity index (χ0) is 19.2. The molecule has 0 atom stereocenters. The highest BCUT2D eigenvalue weighted by Crippen LogP contribution is 2.24. The highest BCUT2D eigenvalue weighted by atomic mass is 16.2. The van der Waals surface area contributed by atoms with Gasteiger partial charge in [-0.15, -0.1) is 0 Å². The summed E-state index contributed by atoms with van der Waals surface area (Å²) in [5.74, 6) is -0.645. The van der Waals surface area contributed by atoms with Crippen LogP contribution in [0.25, 0.3) is 0 Å². The van der Waals surface area contributed by atoms with Crippen LogP contribution >= 0.6 is 0 Å². The summed E-state index contributed by atoms with van der Waals surface area (Å²) < 4.78 is 0. The predicted octanol–water partition coefficient (Wildman–Crippen LogP) is 1.35. The lowest BCUT2D eigenvalue weighted by atomic mass is 9.93. The van der Waals surface area contributed by atoms with E-state index in [0.717, 1.165) is 11.4 Å². The number of hydrogen-bond donors (Lipinski definition) is 2. The van der Waals surface area contributed by atoms with Crippen LogP contribution in [0.1, 0.15) is 32.3 Å². The summed E-state index contributed by atoms with van der Waals surface area (Å²) in [6.07, 6.45) is 1.02. The number of imide groups is 1. The van der Waals surface area contributed by atoms with E-state index >= 15 is 0 Å². The highest BCUT2D eigenvalue weighted by molar-refractivity contribution is 6.08. The Kier molecular flexibility index (Phi) is 6.74. The maximum absolute atomic E-state index is 12.5. The van der Waals surface area contributed by atoms with Crippen molar-refractivity contribution in [2.24, 2.45) is 0 Å². The van der Waals surface area contributed by atoms with Crippen molar-refractivity contribution in [2.75, 3.05) is 26.7 Å². The van der Waals surface area contributed by atoms with Gasteiger partial charge in [0.15, 0.2) is 0 Å². The zero-order valence-corrected chi connectivity index (χ0v) is 15.7. The van der Waals surface area contributed by atoms with Crippen LogP contribution < -0.4 is 10.6 Å². The second-order valence-electron chi connectivity index (χ2n) is 6.68. The molecule has 26 heavy (non-hydrogen) atoms. The molecule has 2 N–H and O–H groups in total. The lowest BCUT2D eigenvalue weighted by Crippen LogP contribution is -2.47. The van der Waals surface area contributed by atoms with Crippen LogP contribution in [0.3, 0.4) is 0 Å². The van der Waals surface area contributed by atoms with Crippen LogP contribution in [0.2, 0.25) is 0 Å². The standard InChI is InChI=1S/C19H28N4O3/c1-4-19(5-2)17(25)23(18(26)21-19)14-16(24)20-11-12-22(3)13-15-9-7-6-8-10-15/h6-10H,4-5,11-14H2,1-3H3,(H,20,24)(H,21,26). The fraction of sp³-hybridized carbons (Fsp3) is 0.526. The number of rotatable bonds is 9. The highest BCUT2D eigenvalue weighted by Gasteiger charge is 2.49. The van der Waals surface area contributed by atoms with Gasteiger partial charge >= 0.3 is 6.03 Å². The van der Waals surface area contributed by atoms with Gasteiger partial charge in [-0.3, -0.25) is 14.5 Å². The summed E-state index contributed by atoms with van der Waals surface area (Å²) in [6, 6.07) is 9.59. The molecule has 142 valence electrons. The van der Waals surface area contributed by atoms with Gasteiger partial charge in [0.2, 0.25) is 5.91 Å². The Labute approximate surface area is 154 Å². The van der Waals surface area contributed by atoms with Crippen molar-refractivity contribution in [3.8, 4) is 0 Å². The molecule has 2 rings (SSSR count). The fourth-order valence-corrected chi connectivity index (χ4v) is 3.11. The molecule has 1 aliphatic rings. The van der Waals surface area contributed by atoms with E-state index in [1.165, 1.54) is 5.56 Å². The fourth-order valence-electron chi connectivity index (χ4n) is 3.11. The Bertz CT molecular complexity index is 643. The molecule has 1 aliphatic heterocycles. The average molecular weight is 360 g/mol. The van der Waals surface area contributed by atoms with E-state index in [9.17, 15) is 14.4 Å². The van der Waals surface area contributed by atoms with Gasteiger partial charge in [-0.25, -0.2) is 4.79 Å². The first-order valence-corrected chi connectivity index (χ1v) is 9.05. The molecule has 0 spiro atoms. The molecule has 0 saturated carbocycles. The minimum atomic E-state index is -0.868. The summed E-state index contributed by atoms with van der Waals surface area (Å²) in [4.78, 5) is 39.7. The molecule has 0 aromatic heterocycles. The zero-order valence-electron chi connectivity index (χ0n) is 15.7. The number of amides is 4. The smallest absolute Gasteiger partial charge is 0.325 e. The van der Waals surface area contributed by atoms with E-state index in [2.05, 4.69) is 27.7 Å². The molecule has 0 aliphatic carbocycles. The molecule has 0 bridgehead atoms. The third-order valence-corrected chi connectivity index (χ3v) is 4.87. The van der Waals surface area contributed by atoms with Crippen molar-refractivity contribution in [3.63, 3.8) is 0 Å². The summed E-state index contributed by atoms with van der Waals surface area (Å²) in [5, 5.41) is 5.50. The Morgan fingerprint density at radius 1 is 1.19 bits per heavy atom. The first kappa shape index (κ1) is 19.9. The number of benzene rings is 1. The number of carbonyl (C=O) groups is 3. The molecule has 1 saturated heterocycles. The molecule has 1 fully saturated rings. The third kappa shape index (κ3) is 4.60. The molecule has 0 unspecified atom stereocenters. The Hall–Kier alpha value is -2.41. The van der Waals surface area contributed by atoms with Crippen LogP contribution in [-0.2, 0) is 16.1 Å². The number of nitrogens with zero attached hydrogens (tertiary/aromatic N) is 2. The average Bonchev–Trinajstić information content (AvgIpc) is 2.87. The summed E-state index contributed by atoms with van der Waals surface area (Å²) in [5.41, 5.74) is 0.337. The summed E-state index contributed by atoms with van der Waals surface area (Å²) in [6.45, 7) is 5.39. The number of likely N-dealkylation sites (N-methyl/N-ethyl adjacent to an activating group) is 1. The maximum atomic E-state index is 12.5. The predicted molar refractivity (Wildman–Crippen MR) is 99.3 cm³/mol. The SMILES string of the molecule is CCC1(CC)NC(=O)N(CC(=O)NCCN(C)Cc2ccccc2)C1=O. The van der Waals surface area contributed by atoms with E-state index in [1.807, 2.05) is 39.1 Å². The molecule has 1 aromatic rings. The normalized spacial score (nSPS) is 16.1. The van der Waals surface area contributed by atoms with E-state index < -0.39 is 11.6 Å². The van der Waals surface area contributed by atoms with Crippen molar-refractivity contribution >= 4 is 17.8 Å². The quantitative estimate of drug-likeness (QED) is 0.651. The molecule has 7 heteroatoms. The van der Waals surface area contributed by atoms with Gasteiger partial charge in [-0.05, 0) is 25.5 Å². The van der Waals surface area contributed by atoms with Crippen LogP contribution in [0.5, 0.6) is 0 Å². The van der Waals surface area contributed by atoms with Crippen molar-refractivity contribution in [1.82, 2.24) is 20.4 Å². The lowest BCUT2D eigenvalue weighted by molar-refractivity contribution is -0.135. The molecule has 0 radical (unpaired) electrons. The van der Waals surface area contributed by atoms with E-state index in [1.54, 1.807) is 0 Å². The van der Waals surface area contributed by atoms with Crippen LogP contribution in [0, 0.1) is 0 Å². The van der Waals surface area contributed by atoms with Gasteiger partial charge in [-0.2, -0.15) is 0 Å². The molecule has 1 heterocycles. The Morgan fingerprint density at radius 2 is 1.85 bits per heavy atom. The first-order chi connectivity index (χ1) is 12.4. The molecule has 4 amide bonds. The van der Waals surface area contributed by atoms with Crippen molar-refractivity contribution in [2.45, 2.75) is 38.8 Å². The molecular weight excluding hydrogens is 332 g/mol. The van der Waals surface area contributed by atoms with Crippen LogP contribution in [0.15, 0.2) is 30.3 Å². The summed E-state index contributed by atoms with van der Waals surface area (Å²) >= 11 is 0. The van der Waals surface area contributed by atoms with Gasteiger partial charge in [0, 0.05) is 19.6 Å². The van der Waals surface area contributed by atoms with Gasteiger partial charge in [-0.1, -0.05) is 44.2 Å². The van der Waals surface area contributed by atoms with Crippen molar-refractivity contribution in [1.29, 1.82) is 0 Å². The van der Waals surface area contributed by atoms with Crippen molar-refractivity contribution < 1.29 is 14.4 Å². The van der Waals surface area contributed by atoms with E-state index in [0.29, 0.717) is 25.9 Å². The minimum Gasteiger partial charge on any atom is -0.353 e. The van der Waals surface area contributed by atoms with Crippen molar-refractivity contribution in [3.05, 3.63) is 35.9 Å². The first-order valence-electron chi connectivity index (χ1n) is 9.05. The second-order valence-corrected chi connectivity index (χ2v) is 6.68. The number of nitrogens with one attached hydrogen (secondary N) is 2. The van der Waals surface area contributed by atoms with Gasteiger partial charge in [0.05, 0.1) is 0 Å². The molecule has 7 nitrogen and oxygen atoms in total. The maximum Gasteiger partial charge on any atom is 0.325 e.